The van der Waals surface area contributed by atoms with E-state index >= 15 is 0 Å². The van der Waals surface area contributed by atoms with Crippen LogP contribution in [0.2, 0.25) is 0 Å². The van der Waals surface area contributed by atoms with Gasteiger partial charge in [0.2, 0.25) is 0 Å². The van der Waals surface area contributed by atoms with E-state index in [-0.39, 0.29) is 17.1 Å². The van der Waals surface area contributed by atoms with Crippen molar-refractivity contribution >= 4 is 11.7 Å². The molecule has 0 aliphatic carbocycles. The molecule has 5 nitrogen and oxygen atoms in total. The Labute approximate surface area is 125 Å². The van der Waals surface area contributed by atoms with E-state index in [1.165, 1.54) is 25.3 Å². The third-order valence-corrected chi connectivity index (χ3v) is 2.80. The van der Waals surface area contributed by atoms with Crippen molar-refractivity contribution in [3.8, 4) is 11.5 Å². The predicted octanol–water partition coefficient (Wildman–Crippen LogP) is 3.25. The fraction of sp³-hybridized carbons (Fsp3) is 0.200. The van der Waals surface area contributed by atoms with Crippen LogP contribution >= 0.6 is 0 Å². The van der Waals surface area contributed by atoms with Crippen molar-refractivity contribution in [1.82, 2.24) is 4.98 Å². The van der Waals surface area contributed by atoms with Crippen molar-refractivity contribution in [2.45, 2.75) is 13.5 Å². The van der Waals surface area contributed by atoms with Crippen LogP contribution in [0.15, 0.2) is 36.5 Å². The summed E-state index contributed by atoms with van der Waals surface area (Å²) in [5.74, 6) is -0.582. The zero-order valence-electron chi connectivity index (χ0n) is 12.0. The van der Waals surface area contributed by atoms with Crippen LogP contribution in [0.3, 0.4) is 0 Å². The standard InChI is InChI=1S/C15H14F2N2O3/c1-9-6-7-12(18-8-9)19-14(20)10-4-3-5-11(21-2)13(10)22-15(16)17/h3-8,15H,1-2H3,(H,18,19,20). The highest BCUT2D eigenvalue weighted by Gasteiger charge is 2.20. The number of aryl methyl sites for hydroxylation is 1. The first-order valence-electron chi connectivity index (χ1n) is 6.37. The number of anilines is 1. The van der Waals surface area contributed by atoms with Gasteiger partial charge >= 0.3 is 6.61 Å². The molecule has 1 N–H and O–H groups in total. The number of hydrogen-bond acceptors (Lipinski definition) is 4. The van der Waals surface area contributed by atoms with E-state index in [9.17, 15) is 13.6 Å². The van der Waals surface area contributed by atoms with E-state index in [1.807, 2.05) is 6.92 Å². The van der Waals surface area contributed by atoms with Crippen molar-refractivity contribution < 1.29 is 23.0 Å². The average Bonchev–Trinajstić information content (AvgIpc) is 2.49. The maximum atomic E-state index is 12.5. The molecule has 0 bridgehead atoms. The Morgan fingerprint density at radius 1 is 1.27 bits per heavy atom. The number of methoxy groups -OCH3 is 1. The Balaban J connectivity index is 2.30. The number of nitrogens with zero attached hydrogens (tertiary/aromatic N) is 1. The van der Waals surface area contributed by atoms with Crippen LogP contribution in [0, 0.1) is 6.92 Å². The zero-order valence-corrected chi connectivity index (χ0v) is 12.0. The molecule has 0 radical (unpaired) electrons. The zero-order chi connectivity index (χ0) is 16.1. The second-order valence-corrected chi connectivity index (χ2v) is 4.39. The van der Waals surface area contributed by atoms with Crippen LogP contribution < -0.4 is 14.8 Å². The number of alkyl halides is 2. The molecule has 0 aliphatic heterocycles. The highest BCUT2D eigenvalue weighted by molar-refractivity contribution is 6.06. The first kappa shape index (κ1) is 15.7. The molecule has 2 aromatic rings. The molecule has 1 amide bonds. The van der Waals surface area contributed by atoms with E-state index in [1.54, 1.807) is 18.3 Å². The molecule has 0 saturated heterocycles. The van der Waals surface area contributed by atoms with E-state index in [0.29, 0.717) is 5.82 Å². The summed E-state index contributed by atoms with van der Waals surface area (Å²) in [5, 5.41) is 2.52. The first-order valence-corrected chi connectivity index (χ1v) is 6.37. The third-order valence-electron chi connectivity index (χ3n) is 2.80. The number of benzene rings is 1. The van der Waals surface area contributed by atoms with E-state index in [4.69, 9.17) is 4.74 Å². The van der Waals surface area contributed by atoms with Crippen molar-refractivity contribution in [3.05, 3.63) is 47.7 Å². The summed E-state index contributed by atoms with van der Waals surface area (Å²) in [7, 11) is 1.30. The van der Waals surface area contributed by atoms with Gasteiger partial charge in [0.15, 0.2) is 11.5 Å². The van der Waals surface area contributed by atoms with Gasteiger partial charge in [0.05, 0.1) is 12.7 Å². The van der Waals surface area contributed by atoms with Gasteiger partial charge in [0.25, 0.3) is 5.91 Å². The van der Waals surface area contributed by atoms with Gasteiger partial charge in [0.1, 0.15) is 5.82 Å². The molecular formula is C15H14F2N2O3. The Bertz CT molecular complexity index is 660. The quantitative estimate of drug-likeness (QED) is 0.921. The largest absolute Gasteiger partial charge is 0.493 e. The lowest BCUT2D eigenvalue weighted by Crippen LogP contribution is -2.16. The minimum absolute atomic E-state index is 0.0461. The summed E-state index contributed by atoms with van der Waals surface area (Å²) >= 11 is 0. The fourth-order valence-electron chi connectivity index (χ4n) is 1.79. The summed E-state index contributed by atoms with van der Waals surface area (Å²) in [6.45, 7) is -1.21. The number of halogens is 2. The molecular weight excluding hydrogens is 294 g/mol. The number of aromatic nitrogens is 1. The highest BCUT2D eigenvalue weighted by Crippen LogP contribution is 2.32. The molecule has 0 spiro atoms. The average molecular weight is 308 g/mol. The molecule has 1 aromatic carbocycles. The smallest absolute Gasteiger partial charge is 0.387 e. The molecule has 0 saturated carbocycles. The highest BCUT2D eigenvalue weighted by atomic mass is 19.3. The second-order valence-electron chi connectivity index (χ2n) is 4.39. The normalized spacial score (nSPS) is 10.4. The number of carbonyl (C=O) groups excluding carboxylic acids is 1. The first-order chi connectivity index (χ1) is 10.5. The van der Waals surface area contributed by atoms with Gasteiger partial charge in [-0.25, -0.2) is 4.98 Å². The number of hydrogen-bond donors (Lipinski definition) is 1. The number of para-hydroxylation sites is 1. The molecule has 22 heavy (non-hydrogen) atoms. The van der Waals surface area contributed by atoms with Crippen LogP contribution in [0.5, 0.6) is 11.5 Å². The minimum atomic E-state index is -3.07. The number of amides is 1. The van der Waals surface area contributed by atoms with Gasteiger partial charge in [-0.15, -0.1) is 0 Å². The van der Waals surface area contributed by atoms with Crippen LogP contribution in [0.4, 0.5) is 14.6 Å². The summed E-state index contributed by atoms with van der Waals surface area (Å²) in [6, 6.07) is 7.68. The van der Waals surface area contributed by atoms with Crippen molar-refractivity contribution in [2.75, 3.05) is 12.4 Å². The van der Waals surface area contributed by atoms with Crippen LogP contribution in [0.1, 0.15) is 15.9 Å². The summed E-state index contributed by atoms with van der Waals surface area (Å²) in [5.41, 5.74) is 0.864. The molecule has 7 heteroatoms. The molecule has 1 heterocycles. The second kappa shape index (κ2) is 6.84. The van der Waals surface area contributed by atoms with Gasteiger partial charge in [-0.05, 0) is 30.7 Å². The molecule has 0 atom stereocenters. The predicted molar refractivity (Wildman–Crippen MR) is 76.6 cm³/mol. The number of carbonyl (C=O) groups is 1. The Morgan fingerprint density at radius 3 is 2.64 bits per heavy atom. The summed E-state index contributed by atoms with van der Waals surface area (Å²) in [4.78, 5) is 16.3. The number of pyridine rings is 1. The molecule has 2 rings (SSSR count). The summed E-state index contributed by atoms with van der Waals surface area (Å²) < 4.78 is 34.4. The van der Waals surface area contributed by atoms with Crippen molar-refractivity contribution in [3.63, 3.8) is 0 Å². The fourth-order valence-corrected chi connectivity index (χ4v) is 1.79. The number of ether oxygens (including phenoxy) is 2. The van der Waals surface area contributed by atoms with Gasteiger partial charge < -0.3 is 14.8 Å². The summed E-state index contributed by atoms with van der Waals surface area (Å²) in [6.07, 6.45) is 1.58. The Morgan fingerprint density at radius 2 is 2.05 bits per heavy atom. The maximum absolute atomic E-state index is 12.5. The van der Waals surface area contributed by atoms with Crippen molar-refractivity contribution in [1.29, 1.82) is 0 Å². The molecule has 116 valence electrons. The number of nitrogens with one attached hydrogen (secondary N) is 1. The lowest BCUT2D eigenvalue weighted by atomic mass is 10.1. The number of rotatable bonds is 5. The van der Waals surface area contributed by atoms with Crippen molar-refractivity contribution in [2.24, 2.45) is 0 Å². The monoisotopic (exact) mass is 308 g/mol. The molecule has 0 aliphatic rings. The van der Waals surface area contributed by atoms with Crippen LogP contribution in [-0.4, -0.2) is 24.6 Å². The van der Waals surface area contributed by atoms with E-state index in [0.717, 1.165) is 5.56 Å². The van der Waals surface area contributed by atoms with E-state index < -0.39 is 12.5 Å². The molecule has 0 fully saturated rings. The van der Waals surface area contributed by atoms with Crippen LogP contribution in [0.25, 0.3) is 0 Å². The maximum Gasteiger partial charge on any atom is 0.387 e. The lowest BCUT2D eigenvalue weighted by molar-refractivity contribution is -0.0515. The van der Waals surface area contributed by atoms with Crippen LogP contribution in [-0.2, 0) is 0 Å². The van der Waals surface area contributed by atoms with Gasteiger partial charge in [0, 0.05) is 6.20 Å². The third kappa shape index (κ3) is 3.69. The minimum Gasteiger partial charge on any atom is -0.493 e. The SMILES string of the molecule is COc1cccc(C(=O)Nc2ccc(C)cn2)c1OC(F)F. The topological polar surface area (TPSA) is 60.5 Å². The van der Waals surface area contributed by atoms with Gasteiger partial charge in [-0.2, -0.15) is 8.78 Å². The molecule has 1 aromatic heterocycles. The van der Waals surface area contributed by atoms with Gasteiger partial charge in [-0.3, -0.25) is 4.79 Å². The van der Waals surface area contributed by atoms with E-state index in [2.05, 4.69) is 15.0 Å². The molecule has 0 unspecified atom stereocenters. The Kier molecular flexibility index (Phi) is 4.88. The van der Waals surface area contributed by atoms with Gasteiger partial charge in [-0.1, -0.05) is 12.1 Å². The lowest BCUT2D eigenvalue weighted by Gasteiger charge is -2.14. The Hall–Kier alpha value is -2.70.